The van der Waals surface area contributed by atoms with E-state index < -0.39 is 6.10 Å². The zero-order chi connectivity index (χ0) is 12.5. The Morgan fingerprint density at radius 1 is 1.11 bits per heavy atom. The molecule has 0 aliphatic carbocycles. The van der Waals surface area contributed by atoms with E-state index in [0.29, 0.717) is 18.6 Å². The van der Waals surface area contributed by atoms with Gasteiger partial charge in [0.1, 0.15) is 0 Å². The second kappa shape index (κ2) is 5.00. The molecule has 2 bridgehead atoms. The highest BCUT2D eigenvalue weighted by atomic mass is 16.3. The maximum atomic E-state index is 10.3. The Kier molecular flexibility index (Phi) is 3.37. The molecule has 0 aromatic heterocycles. The van der Waals surface area contributed by atoms with Crippen molar-refractivity contribution in [1.29, 1.82) is 0 Å². The van der Waals surface area contributed by atoms with Gasteiger partial charge in [0, 0.05) is 18.6 Å². The monoisotopic (exact) mass is 247 g/mol. The Bertz CT molecular complexity index is 381. The van der Waals surface area contributed by atoms with Crippen LogP contribution in [0.15, 0.2) is 30.3 Å². The molecule has 0 spiro atoms. The van der Waals surface area contributed by atoms with Crippen molar-refractivity contribution < 1.29 is 10.2 Å². The largest absolute Gasteiger partial charge is 0.393 e. The third-order valence-corrected chi connectivity index (χ3v) is 4.43. The van der Waals surface area contributed by atoms with Crippen LogP contribution in [0, 0.1) is 0 Å². The molecule has 18 heavy (non-hydrogen) atoms. The maximum absolute atomic E-state index is 10.3. The van der Waals surface area contributed by atoms with E-state index in [1.165, 1.54) is 12.8 Å². The molecule has 3 heteroatoms. The van der Waals surface area contributed by atoms with Crippen molar-refractivity contribution in [1.82, 2.24) is 4.90 Å². The van der Waals surface area contributed by atoms with Crippen molar-refractivity contribution in [3.63, 3.8) is 0 Å². The molecule has 0 radical (unpaired) electrons. The van der Waals surface area contributed by atoms with Crippen molar-refractivity contribution in [2.24, 2.45) is 0 Å². The molecule has 0 saturated carbocycles. The summed E-state index contributed by atoms with van der Waals surface area (Å²) in [4.78, 5) is 2.41. The molecule has 3 unspecified atom stereocenters. The summed E-state index contributed by atoms with van der Waals surface area (Å²) in [6, 6.07) is 10.8. The van der Waals surface area contributed by atoms with Crippen LogP contribution in [0.4, 0.5) is 0 Å². The first-order chi connectivity index (χ1) is 8.74. The van der Waals surface area contributed by atoms with Gasteiger partial charge in [0.2, 0.25) is 0 Å². The van der Waals surface area contributed by atoms with Gasteiger partial charge in [-0.15, -0.1) is 0 Å². The molecular weight excluding hydrogens is 226 g/mol. The number of aliphatic hydroxyl groups is 2. The minimum Gasteiger partial charge on any atom is -0.393 e. The summed E-state index contributed by atoms with van der Waals surface area (Å²) in [5.74, 6) is 0. The van der Waals surface area contributed by atoms with Crippen LogP contribution in [0.2, 0.25) is 0 Å². The molecule has 3 nitrogen and oxygen atoms in total. The van der Waals surface area contributed by atoms with Gasteiger partial charge in [0.15, 0.2) is 0 Å². The summed E-state index contributed by atoms with van der Waals surface area (Å²) in [5.41, 5.74) is 0.989. The lowest BCUT2D eigenvalue weighted by atomic mass is 9.98. The van der Waals surface area contributed by atoms with Gasteiger partial charge in [-0.3, -0.25) is 4.90 Å². The Labute approximate surface area is 108 Å². The molecule has 2 aliphatic heterocycles. The molecule has 2 N–H and O–H groups in total. The molecule has 2 fully saturated rings. The van der Waals surface area contributed by atoms with Crippen LogP contribution >= 0.6 is 0 Å². The van der Waals surface area contributed by atoms with Crippen molar-refractivity contribution in [3.8, 4) is 0 Å². The second-order valence-electron chi connectivity index (χ2n) is 5.63. The Morgan fingerprint density at radius 3 is 2.33 bits per heavy atom. The van der Waals surface area contributed by atoms with E-state index in [4.69, 9.17) is 0 Å². The summed E-state index contributed by atoms with van der Waals surface area (Å²) in [6.07, 6.45) is 3.54. The average molecular weight is 247 g/mol. The van der Waals surface area contributed by atoms with Gasteiger partial charge < -0.3 is 10.2 Å². The minimum absolute atomic E-state index is 0.132. The van der Waals surface area contributed by atoms with Gasteiger partial charge in [-0.05, 0) is 31.2 Å². The van der Waals surface area contributed by atoms with Gasteiger partial charge >= 0.3 is 0 Å². The Balaban J connectivity index is 1.67. The fraction of sp³-hybridized carbons (Fsp3) is 0.600. The number of hydrogen-bond donors (Lipinski definition) is 2. The average Bonchev–Trinajstić information content (AvgIpc) is 2.62. The molecule has 2 saturated heterocycles. The minimum atomic E-state index is -0.412. The van der Waals surface area contributed by atoms with E-state index in [1.54, 1.807) is 0 Å². The highest BCUT2D eigenvalue weighted by Crippen LogP contribution is 2.36. The topological polar surface area (TPSA) is 43.7 Å². The van der Waals surface area contributed by atoms with E-state index >= 15 is 0 Å². The quantitative estimate of drug-likeness (QED) is 0.854. The number of aliphatic hydroxyl groups excluding tert-OH is 2. The van der Waals surface area contributed by atoms with E-state index in [9.17, 15) is 10.2 Å². The molecule has 98 valence electrons. The predicted octanol–water partition coefficient (Wildman–Crippen LogP) is 1.71. The number of benzene rings is 1. The molecule has 2 aliphatic rings. The summed E-state index contributed by atoms with van der Waals surface area (Å²) < 4.78 is 0. The molecule has 0 amide bonds. The summed E-state index contributed by atoms with van der Waals surface area (Å²) in [7, 11) is 0. The van der Waals surface area contributed by atoms with E-state index in [-0.39, 0.29) is 6.10 Å². The van der Waals surface area contributed by atoms with Gasteiger partial charge in [-0.2, -0.15) is 0 Å². The van der Waals surface area contributed by atoms with E-state index in [0.717, 1.165) is 18.4 Å². The molecule has 1 aromatic rings. The summed E-state index contributed by atoms with van der Waals surface area (Å²) in [6.45, 7) is 0.700. The maximum Gasteiger partial charge on any atom is 0.0917 e. The lowest BCUT2D eigenvalue weighted by molar-refractivity contribution is 0.00800. The lowest BCUT2D eigenvalue weighted by Gasteiger charge is -2.38. The lowest BCUT2D eigenvalue weighted by Crippen LogP contribution is -2.46. The van der Waals surface area contributed by atoms with E-state index in [2.05, 4.69) is 4.90 Å². The van der Waals surface area contributed by atoms with E-state index in [1.807, 2.05) is 30.3 Å². The number of piperidine rings is 1. The van der Waals surface area contributed by atoms with Crippen LogP contribution in [0.1, 0.15) is 37.4 Å². The van der Waals surface area contributed by atoms with Gasteiger partial charge in [0.05, 0.1) is 12.2 Å². The van der Waals surface area contributed by atoms with Crippen molar-refractivity contribution in [2.45, 2.75) is 50.0 Å². The third-order valence-electron chi connectivity index (χ3n) is 4.43. The smallest absolute Gasteiger partial charge is 0.0917 e. The van der Waals surface area contributed by atoms with Crippen LogP contribution in [0.3, 0.4) is 0 Å². The summed E-state index contributed by atoms with van der Waals surface area (Å²) >= 11 is 0. The second-order valence-corrected chi connectivity index (χ2v) is 5.63. The van der Waals surface area contributed by atoms with Crippen LogP contribution in [0.25, 0.3) is 0 Å². The fourth-order valence-electron chi connectivity index (χ4n) is 3.52. The first kappa shape index (κ1) is 12.2. The standard InChI is InChI=1S/C15H21NO2/c17-14-8-12-6-7-13(9-14)16(12)10-15(18)11-4-2-1-3-5-11/h1-5,12-15,17-18H,6-10H2. The molecular formula is C15H21NO2. The van der Waals surface area contributed by atoms with Crippen LogP contribution in [0.5, 0.6) is 0 Å². The Hall–Kier alpha value is -0.900. The van der Waals surface area contributed by atoms with Gasteiger partial charge in [-0.1, -0.05) is 30.3 Å². The Morgan fingerprint density at radius 2 is 1.72 bits per heavy atom. The molecule has 3 atom stereocenters. The zero-order valence-corrected chi connectivity index (χ0v) is 10.6. The molecule has 3 rings (SSSR count). The van der Waals surface area contributed by atoms with Crippen LogP contribution < -0.4 is 0 Å². The normalized spacial score (nSPS) is 33.6. The number of rotatable bonds is 3. The van der Waals surface area contributed by atoms with Crippen LogP contribution in [-0.4, -0.2) is 39.8 Å². The highest BCUT2D eigenvalue weighted by molar-refractivity contribution is 5.18. The first-order valence-electron chi connectivity index (χ1n) is 6.91. The van der Waals surface area contributed by atoms with Gasteiger partial charge in [-0.25, -0.2) is 0 Å². The number of fused-ring (bicyclic) bond motifs is 2. The molecule has 1 aromatic carbocycles. The van der Waals surface area contributed by atoms with Crippen molar-refractivity contribution >= 4 is 0 Å². The van der Waals surface area contributed by atoms with Crippen molar-refractivity contribution in [3.05, 3.63) is 35.9 Å². The molecule has 2 heterocycles. The van der Waals surface area contributed by atoms with Crippen molar-refractivity contribution in [2.75, 3.05) is 6.54 Å². The van der Waals surface area contributed by atoms with Gasteiger partial charge in [0.25, 0.3) is 0 Å². The first-order valence-corrected chi connectivity index (χ1v) is 6.91. The SMILES string of the molecule is OC1CC2CCC(C1)N2CC(O)c1ccccc1. The summed E-state index contributed by atoms with van der Waals surface area (Å²) in [5, 5.41) is 20.1. The zero-order valence-electron chi connectivity index (χ0n) is 10.6. The number of hydrogen-bond acceptors (Lipinski definition) is 3. The highest BCUT2D eigenvalue weighted by Gasteiger charge is 2.40. The third kappa shape index (κ3) is 2.30. The predicted molar refractivity (Wildman–Crippen MR) is 70.2 cm³/mol. The number of nitrogens with zero attached hydrogens (tertiary/aromatic N) is 1. The van der Waals surface area contributed by atoms with Crippen LogP contribution in [-0.2, 0) is 0 Å². The fourth-order valence-corrected chi connectivity index (χ4v) is 3.52.